The Kier molecular flexibility index (Phi) is 3.06. The molecule has 0 aromatic rings. The number of allylic oxidation sites excluding steroid dienone is 4. The SMILES string of the molecule is CC(C)C1=CC2C3(C)C=CC(C(C)C)(CC3)C2(C)CC1. The van der Waals surface area contributed by atoms with Gasteiger partial charge in [-0.25, -0.2) is 0 Å². The summed E-state index contributed by atoms with van der Waals surface area (Å²) in [5.74, 6) is 2.23. The highest BCUT2D eigenvalue weighted by molar-refractivity contribution is 5.32. The summed E-state index contributed by atoms with van der Waals surface area (Å²) in [5, 5.41) is 0. The molecule has 4 rings (SSSR count). The summed E-state index contributed by atoms with van der Waals surface area (Å²) >= 11 is 0. The molecule has 0 nitrogen and oxygen atoms in total. The third kappa shape index (κ3) is 1.60. The van der Waals surface area contributed by atoms with Crippen LogP contribution in [0.15, 0.2) is 23.8 Å². The Bertz CT molecular complexity index is 466. The minimum atomic E-state index is 0.409. The molecule has 112 valence electrons. The molecule has 0 aromatic heterocycles. The Morgan fingerprint density at radius 2 is 1.70 bits per heavy atom. The van der Waals surface area contributed by atoms with Crippen molar-refractivity contribution in [2.75, 3.05) is 0 Å². The van der Waals surface area contributed by atoms with Gasteiger partial charge in [0.05, 0.1) is 0 Å². The fourth-order valence-corrected chi connectivity index (χ4v) is 5.82. The molecule has 0 heteroatoms. The van der Waals surface area contributed by atoms with E-state index in [-0.39, 0.29) is 0 Å². The van der Waals surface area contributed by atoms with Crippen molar-refractivity contribution in [2.24, 2.45) is 34.0 Å². The molecule has 0 amide bonds. The smallest absolute Gasteiger partial charge is 0.00349 e. The lowest BCUT2D eigenvalue weighted by atomic mass is 9.37. The molecule has 0 heterocycles. The molecule has 2 bridgehead atoms. The Hall–Kier alpha value is -0.520. The maximum Gasteiger partial charge on any atom is -0.00349 e. The van der Waals surface area contributed by atoms with Gasteiger partial charge in [0.1, 0.15) is 0 Å². The van der Waals surface area contributed by atoms with Crippen LogP contribution >= 0.6 is 0 Å². The van der Waals surface area contributed by atoms with Gasteiger partial charge in [-0.15, -0.1) is 0 Å². The zero-order valence-corrected chi connectivity index (χ0v) is 14.3. The van der Waals surface area contributed by atoms with E-state index in [9.17, 15) is 0 Å². The van der Waals surface area contributed by atoms with Crippen LogP contribution in [0.3, 0.4) is 0 Å². The average molecular weight is 272 g/mol. The highest BCUT2D eigenvalue weighted by Crippen LogP contribution is 2.70. The lowest BCUT2D eigenvalue weighted by Gasteiger charge is -2.67. The van der Waals surface area contributed by atoms with Crippen molar-refractivity contribution in [1.29, 1.82) is 0 Å². The molecule has 0 aromatic carbocycles. The summed E-state index contributed by atoms with van der Waals surface area (Å²) in [7, 11) is 0. The van der Waals surface area contributed by atoms with Crippen molar-refractivity contribution in [3.63, 3.8) is 0 Å². The first-order chi connectivity index (χ1) is 9.25. The van der Waals surface area contributed by atoms with E-state index < -0.39 is 0 Å². The first-order valence-electron chi connectivity index (χ1n) is 8.66. The fourth-order valence-electron chi connectivity index (χ4n) is 5.82. The van der Waals surface area contributed by atoms with Gasteiger partial charge < -0.3 is 0 Å². The van der Waals surface area contributed by atoms with Crippen LogP contribution in [0.5, 0.6) is 0 Å². The third-order valence-electron chi connectivity index (χ3n) is 7.38. The van der Waals surface area contributed by atoms with E-state index in [0.29, 0.717) is 16.2 Å². The van der Waals surface area contributed by atoms with E-state index >= 15 is 0 Å². The number of hydrogen-bond acceptors (Lipinski definition) is 0. The summed E-state index contributed by atoms with van der Waals surface area (Å²) < 4.78 is 0. The van der Waals surface area contributed by atoms with Gasteiger partial charge in [0.15, 0.2) is 0 Å². The third-order valence-corrected chi connectivity index (χ3v) is 7.38. The number of hydrogen-bond donors (Lipinski definition) is 0. The van der Waals surface area contributed by atoms with Gasteiger partial charge in [0.25, 0.3) is 0 Å². The van der Waals surface area contributed by atoms with Gasteiger partial charge in [-0.1, -0.05) is 65.3 Å². The largest absolute Gasteiger partial charge is 0.0814 e. The molecule has 0 aliphatic heterocycles. The second kappa shape index (κ2) is 4.24. The van der Waals surface area contributed by atoms with Crippen molar-refractivity contribution in [3.8, 4) is 0 Å². The predicted molar refractivity (Wildman–Crippen MR) is 87.5 cm³/mol. The molecule has 0 saturated heterocycles. The molecule has 0 N–H and O–H groups in total. The number of rotatable bonds is 2. The second-order valence-corrected chi connectivity index (χ2v) is 8.83. The van der Waals surface area contributed by atoms with Crippen LogP contribution in [0.4, 0.5) is 0 Å². The van der Waals surface area contributed by atoms with Crippen molar-refractivity contribution in [2.45, 2.75) is 67.2 Å². The Morgan fingerprint density at radius 3 is 2.20 bits per heavy atom. The minimum absolute atomic E-state index is 0.409. The van der Waals surface area contributed by atoms with E-state index in [2.05, 4.69) is 59.8 Å². The Labute approximate surface area is 125 Å². The Balaban J connectivity index is 2.13. The van der Waals surface area contributed by atoms with E-state index in [1.165, 1.54) is 25.7 Å². The van der Waals surface area contributed by atoms with Crippen molar-refractivity contribution < 1.29 is 0 Å². The molecule has 0 spiro atoms. The molecule has 1 saturated carbocycles. The molecule has 4 aliphatic carbocycles. The molecule has 1 fully saturated rings. The van der Waals surface area contributed by atoms with Gasteiger partial charge in [0, 0.05) is 0 Å². The van der Waals surface area contributed by atoms with Gasteiger partial charge in [-0.2, -0.15) is 0 Å². The van der Waals surface area contributed by atoms with Crippen LogP contribution in [0.2, 0.25) is 0 Å². The maximum atomic E-state index is 2.70. The van der Waals surface area contributed by atoms with E-state index in [0.717, 1.165) is 17.8 Å². The molecular weight excluding hydrogens is 240 g/mol. The highest BCUT2D eigenvalue weighted by Gasteiger charge is 2.62. The second-order valence-electron chi connectivity index (χ2n) is 8.83. The summed E-state index contributed by atoms with van der Waals surface area (Å²) in [6, 6.07) is 0. The van der Waals surface area contributed by atoms with Crippen molar-refractivity contribution in [1.82, 2.24) is 0 Å². The van der Waals surface area contributed by atoms with Gasteiger partial charge in [-0.3, -0.25) is 0 Å². The lowest BCUT2D eigenvalue weighted by Crippen LogP contribution is -2.59. The van der Waals surface area contributed by atoms with E-state index in [4.69, 9.17) is 0 Å². The Morgan fingerprint density at radius 1 is 1.00 bits per heavy atom. The van der Waals surface area contributed by atoms with Gasteiger partial charge in [0.2, 0.25) is 0 Å². The van der Waals surface area contributed by atoms with Crippen LogP contribution in [-0.2, 0) is 0 Å². The monoisotopic (exact) mass is 272 g/mol. The highest BCUT2D eigenvalue weighted by atomic mass is 14.7. The molecule has 4 atom stereocenters. The molecular formula is C20H32. The quantitative estimate of drug-likeness (QED) is 0.541. The first-order valence-corrected chi connectivity index (χ1v) is 8.66. The minimum Gasteiger partial charge on any atom is -0.0814 e. The van der Waals surface area contributed by atoms with Crippen LogP contribution < -0.4 is 0 Å². The fraction of sp³-hybridized carbons (Fsp3) is 0.800. The van der Waals surface area contributed by atoms with Gasteiger partial charge >= 0.3 is 0 Å². The van der Waals surface area contributed by atoms with Crippen LogP contribution in [0.25, 0.3) is 0 Å². The summed E-state index contributed by atoms with van der Waals surface area (Å²) in [6.45, 7) is 14.7. The summed E-state index contributed by atoms with van der Waals surface area (Å²) in [4.78, 5) is 0. The molecule has 4 aliphatic rings. The van der Waals surface area contributed by atoms with Crippen LogP contribution in [0.1, 0.15) is 67.2 Å². The molecule has 0 radical (unpaired) electrons. The summed E-state index contributed by atoms with van der Waals surface area (Å²) in [6.07, 6.45) is 13.4. The van der Waals surface area contributed by atoms with Crippen molar-refractivity contribution in [3.05, 3.63) is 23.8 Å². The standard InChI is InChI=1S/C20H32/c1-14(2)16-7-8-19(6)17(13-16)18(5)9-11-20(19,12-10-18)15(3)4/h9,11,13-15,17H,7-8,10,12H2,1-6H3. The van der Waals surface area contributed by atoms with Crippen molar-refractivity contribution >= 4 is 0 Å². The number of fused-ring (bicyclic) bond motifs is 1. The maximum absolute atomic E-state index is 2.70. The first kappa shape index (κ1) is 14.4. The normalized spacial score (nSPS) is 46.8. The van der Waals surface area contributed by atoms with Crippen LogP contribution in [0, 0.1) is 34.0 Å². The van der Waals surface area contributed by atoms with E-state index in [1.807, 2.05) is 0 Å². The molecule has 20 heavy (non-hydrogen) atoms. The topological polar surface area (TPSA) is 0 Å². The average Bonchev–Trinajstić information content (AvgIpc) is 2.38. The van der Waals surface area contributed by atoms with E-state index in [1.54, 1.807) is 5.57 Å². The lowest BCUT2D eigenvalue weighted by molar-refractivity contribution is -0.105. The summed E-state index contributed by atoms with van der Waals surface area (Å²) in [5.41, 5.74) is 3.04. The van der Waals surface area contributed by atoms with Gasteiger partial charge in [-0.05, 0) is 59.7 Å². The zero-order valence-electron chi connectivity index (χ0n) is 14.3. The molecule has 4 unspecified atom stereocenters. The predicted octanol–water partition coefficient (Wildman–Crippen LogP) is 6.00. The van der Waals surface area contributed by atoms with Crippen LogP contribution in [-0.4, -0.2) is 0 Å². The zero-order chi connectivity index (χ0) is 14.8.